The Hall–Kier alpha value is -2.21. The van der Waals surface area contributed by atoms with Crippen LogP contribution in [0.1, 0.15) is 40.0 Å². The zero-order valence-corrected chi connectivity index (χ0v) is 12.6. The third-order valence-electron chi connectivity index (χ3n) is 3.88. The summed E-state index contributed by atoms with van der Waals surface area (Å²) in [5.41, 5.74) is 6.46. The molecule has 0 bridgehead atoms. The Kier molecular flexibility index (Phi) is 5.27. The molecule has 22 heavy (non-hydrogen) atoms. The van der Waals surface area contributed by atoms with Crippen LogP contribution in [0.4, 0.5) is 0 Å². The van der Waals surface area contributed by atoms with Crippen LogP contribution >= 0.6 is 0 Å². The number of amides is 2. The molecule has 2 rings (SSSR count). The average Bonchev–Trinajstić information content (AvgIpc) is 2.79. The van der Waals surface area contributed by atoms with Gasteiger partial charge in [0.25, 0.3) is 11.8 Å². The van der Waals surface area contributed by atoms with Gasteiger partial charge in [-0.25, -0.2) is 0 Å². The Bertz CT molecular complexity index is 550. The SMILES string of the molecule is COC(=O)C(CN)CCCCN1C(=O)c2ccccc2C1=O. The zero-order valence-electron chi connectivity index (χ0n) is 12.6. The molecule has 118 valence electrons. The fraction of sp³-hybridized carbons (Fsp3) is 0.438. The van der Waals surface area contributed by atoms with Crippen LogP contribution in [0.15, 0.2) is 24.3 Å². The van der Waals surface area contributed by atoms with Gasteiger partial charge >= 0.3 is 5.97 Å². The van der Waals surface area contributed by atoms with Gasteiger partial charge in [0.05, 0.1) is 24.2 Å². The average molecular weight is 304 g/mol. The molecule has 2 N–H and O–H groups in total. The minimum Gasteiger partial charge on any atom is -0.469 e. The molecule has 0 saturated carbocycles. The Morgan fingerprint density at radius 3 is 2.27 bits per heavy atom. The number of fused-ring (bicyclic) bond motifs is 1. The lowest BCUT2D eigenvalue weighted by molar-refractivity contribution is -0.145. The third-order valence-corrected chi connectivity index (χ3v) is 3.88. The predicted octanol–water partition coefficient (Wildman–Crippen LogP) is 1.20. The van der Waals surface area contributed by atoms with Gasteiger partial charge in [-0.3, -0.25) is 19.3 Å². The number of methoxy groups -OCH3 is 1. The second kappa shape index (κ2) is 7.17. The number of ether oxygens (including phenoxy) is 1. The molecule has 6 nitrogen and oxygen atoms in total. The summed E-state index contributed by atoms with van der Waals surface area (Å²) in [6.07, 6.45) is 1.93. The second-order valence-corrected chi connectivity index (χ2v) is 5.26. The summed E-state index contributed by atoms with van der Waals surface area (Å²) in [7, 11) is 1.34. The van der Waals surface area contributed by atoms with Crippen LogP contribution in [0, 0.1) is 5.92 Å². The quantitative estimate of drug-likeness (QED) is 0.464. The zero-order chi connectivity index (χ0) is 16.1. The van der Waals surface area contributed by atoms with Crippen molar-refractivity contribution in [2.45, 2.75) is 19.3 Å². The number of imide groups is 1. The van der Waals surface area contributed by atoms with E-state index < -0.39 is 0 Å². The van der Waals surface area contributed by atoms with Crippen LogP contribution < -0.4 is 5.73 Å². The molecular formula is C16H20N2O4. The third kappa shape index (κ3) is 3.17. The van der Waals surface area contributed by atoms with E-state index >= 15 is 0 Å². The molecule has 2 amide bonds. The highest BCUT2D eigenvalue weighted by molar-refractivity contribution is 6.21. The Labute approximate surface area is 129 Å². The van der Waals surface area contributed by atoms with E-state index in [4.69, 9.17) is 5.73 Å². The van der Waals surface area contributed by atoms with E-state index in [1.54, 1.807) is 24.3 Å². The Balaban J connectivity index is 1.85. The Morgan fingerprint density at radius 2 is 1.77 bits per heavy atom. The van der Waals surface area contributed by atoms with Crippen molar-refractivity contribution < 1.29 is 19.1 Å². The molecule has 1 aromatic rings. The van der Waals surface area contributed by atoms with E-state index in [9.17, 15) is 14.4 Å². The molecule has 1 atom stereocenters. The van der Waals surface area contributed by atoms with Gasteiger partial charge in [-0.1, -0.05) is 18.6 Å². The van der Waals surface area contributed by atoms with Crippen molar-refractivity contribution in [3.05, 3.63) is 35.4 Å². The van der Waals surface area contributed by atoms with Crippen molar-refractivity contribution in [3.8, 4) is 0 Å². The van der Waals surface area contributed by atoms with Gasteiger partial charge in [-0.05, 0) is 25.0 Å². The smallest absolute Gasteiger partial charge is 0.309 e. The number of nitrogens with zero attached hydrogens (tertiary/aromatic N) is 1. The van der Waals surface area contributed by atoms with Crippen molar-refractivity contribution in [1.29, 1.82) is 0 Å². The van der Waals surface area contributed by atoms with E-state index in [2.05, 4.69) is 4.74 Å². The fourth-order valence-corrected chi connectivity index (χ4v) is 2.60. The number of rotatable bonds is 7. The fourth-order valence-electron chi connectivity index (χ4n) is 2.60. The van der Waals surface area contributed by atoms with Gasteiger partial charge in [0, 0.05) is 13.1 Å². The van der Waals surface area contributed by atoms with Crippen LogP contribution in [0.25, 0.3) is 0 Å². The van der Waals surface area contributed by atoms with Gasteiger partial charge in [0.15, 0.2) is 0 Å². The van der Waals surface area contributed by atoms with Gasteiger partial charge in [-0.2, -0.15) is 0 Å². The monoisotopic (exact) mass is 304 g/mol. The molecule has 0 spiro atoms. The summed E-state index contributed by atoms with van der Waals surface area (Å²) in [5.74, 6) is -1.14. The molecule has 1 aromatic carbocycles. The number of hydrogen-bond acceptors (Lipinski definition) is 5. The maximum Gasteiger partial charge on any atom is 0.309 e. The number of carbonyl (C=O) groups is 3. The lowest BCUT2D eigenvalue weighted by Crippen LogP contribution is -2.31. The summed E-state index contributed by atoms with van der Waals surface area (Å²) >= 11 is 0. The molecular weight excluding hydrogens is 284 g/mol. The van der Waals surface area contributed by atoms with E-state index in [-0.39, 0.29) is 30.2 Å². The molecule has 0 radical (unpaired) electrons. The van der Waals surface area contributed by atoms with E-state index in [0.717, 1.165) is 0 Å². The van der Waals surface area contributed by atoms with Crippen LogP contribution in [0.3, 0.4) is 0 Å². The van der Waals surface area contributed by atoms with E-state index in [1.807, 2.05) is 0 Å². The first-order valence-electron chi connectivity index (χ1n) is 7.33. The maximum absolute atomic E-state index is 12.2. The molecule has 0 saturated heterocycles. The topological polar surface area (TPSA) is 89.7 Å². The number of carbonyl (C=O) groups excluding carboxylic acids is 3. The molecule has 1 heterocycles. The summed E-state index contributed by atoms with van der Waals surface area (Å²) in [5, 5.41) is 0. The molecule has 1 aliphatic rings. The van der Waals surface area contributed by atoms with Crippen LogP contribution in [0.2, 0.25) is 0 Å². The molecule has 1 aliphatic heterocycles. The van der Waals surface area contributed by atoms with Gasteiger partial charge in [-0.15, -0.1) is 0 Å². The molecule has 0 fully saturated rings. The lowest BCUT2D eigenvalue weighted by atomic mass is 10.0. The van der Waals surface area contributed by atoms with Gasteiger partial charge < -0.3 is 10.5 Å². The van der Waals surface area contributed by atoms with Crippen molar-refractivity contribution in [3.63, 3.8) is 0 Å². The lowest BCUT2D eigenvalue weighted by Gasteiger charge is -2.15. The summed E-state index contributed by atoms with van der Waals surface area (Å²) in [6.45, 7) is 0.588. The summed E-state index contributed by atoms with van der Waals surface area (Å²) < 4.78 is 4.67. The molecule has 0 aliphatic carbocycles. The molecule has 0 aromatic heterocycles. The standard InChI is InChI=1S/C16H20N2O4/c1-22-16(21)11(10-17)6-4-5-9-18-14(19)12-7-2-3-8-13(12)15(18)20/h2-3,7-8,11H,4-6,9-10,17H2,1H3. The molecule has 6 heteroatoms. The summed E-state index contributed by atoms with van der Waals surface area (Å²) in [4.78, 5) is 37.0. The van der Waals surface area contributed by atoms with E-state index in [1.165, 1.54) is 12.0 Å². The van der Waals surface area contributed by atoms with Crippen LogP contribution in [0.5, 0.6) is 0 Å². The van der Waals surface area contributed by atoms with Gasteiger partial charge in [0.2, 0.25) is 0 Å². The van der Waals surface area contributed by atoms with Crippen molar-refractivity contribution >= 4 is 17.8 Å². The van der Waals surface area contributed by atoms with Crippen molar-refractivity contribution in [2.24, 2.45) is 11.7 Å². The van der Waals surface area contributed by atoms with E-state index in [0.29, 0.717) is 36.9 Å². The highest BCUT2D eigenvalue weighted by atomic mass is 16.5. The largest absolute Gasteiger partial charge is 0.469 e. The number of hydrogen-bond donors (Lipinski definition) is 1. The highest BCUT2D eigenvalue weighted by Crippen LogP contribution is 2.23. The maximum atomic E-state index is 12.2. The number of nitrogens with two attached hydrogens (primary N) is 1. The van der Waals surface area contributed by atoms with Crippen molar-refractivity contribution in [1.82, 2.24) is 4.90 Å². The number of unbranched alkanes of at least 4 members (excludes halogenated alkanes) is 1. The number of esters is 1. The first-order chi connectivity index (χ1) is 10.6. The minimum atomic E-state index is -0.327. The van der Waals surface area contributed by atoms with Crippen molar-refractivity contribution in [2.75, 3.05) is 20.2 Å². The normalized spacial score (nSPS) is 14.9. The van der Waals surface area contributed by atoms with Crippen LogP contribution in [-0.4, -0.2) is 42.9 Å². The molecule has 1 unspecified atom stereocenters. The summed E-state index contributed by atoms with van der Waals surface area (Å²) in [6, 6.07) is 6.82. The number of benzene rings is 1. The first kappa shape index (κ1) is 16.2. The second-order valence-electron chi connectivity index (χ2n) is 5.26. The Morgan fingerprint density at radius 1 is 1.18 bits per heavy atom. The first-order valence-corrected chi connectivity index (χ1v) is 7.33. The van der Waals surface area contributed by atoms with Gasteiger partial charge in [0.1, 0.15) is 0 Å². The predicted molar refractivity (Wildman–Crippen MR) is 80.2 cm³/mol. The minimum absolute atomic E-state index is 0.236. The van der Waals surface area contributed by atoms with Crippen LogP contribution in [-0.2, 0) is 9.53 Å². The highest BCUT2D eigenvalue weighted by Gasteiger charge is 2.34.